The molecule has 0 bridgehead atoms. The predicted molar refractivity (Wildman–Crippen MR) is 76.5 cm³/mol. The zero-order valence-corrected chi connectivity index (χ0v) is 13.5. The van der Waals surface area contributed by atoms with Crippen LogP contribution in [0.15, 0.2) is 24.3 Å². The van der Waals surface area contributed by atoms with Gasteiger partial charge in [0, 0.05) is 5.75 Å². The Morgan fingerprint density at radius 3 is 2.65 bits per heavy atom. The number of hydrogen-bond donors (Lipinski definition) is 1. The first-order valence-electron chi connectivity index (χ1n) is 4.76. The molecule has 1 rings (SSSR count). The van der Waals surface area contributed by atoms with Crippen molar-refractivity contribution in [1.29, 1.82) is 0 Å². The number of aliphatic hydroxyl groups excluding tert-OH is 1. The van der Waals surface area contributed by atoms with Gasteiger partial charge in [-0.3, -0.25) is 0 Å². The van der Waals surface area contributed by atoms with Gasteiger partial charge in [-0.15, -0.1) is 0 Å². The molecule has 17 heavy (non-hydrogen) atoms. The molecule has 0 saturated carbocycles. The van der Waals surface area contributed by atoms with Gasteiger partial charge in [-0.2, -0.15) is 0 Å². The van der Waals surface area contributed by atoms with Gasteiger partial charge in [0.1, 0.15) is 11.9 Å². The molecule has 0 spiro atoms. The van der Waals surface area contributed by atoms with E-state index in [1.165, 1.54) is 25.1 Å². The van der Waals surface area contributed by atoms with Crippen LogP contribution in [-0.2, 0) is 9.84 Å². The Morgan fingerprint density at radius 1 is 1.59 bits per heavy atom. The summed E-state index contributed by atoms with van der Waals surface area (Å²) in [6, 6.07) is 5.25. The smallest absolute Gasteiger partial charge is 0.207 e. The third kappa shape index (κ3) is 3.18. The van der Waals surface area contributed by atoms with Crippen LogP contribution >= 0.6 is 38.5 Å². The molecule has 1 N–H and O–H groups in total. The van der Waals surface area contributed by atoms with Gasteiger partial charge >= 0.3 is 0 Å². The molecular formula is C10H11BrFIO3S. The lowest BCUT2D eigenvalue weighted by Crippen LogP contribution is -2.33. The van der Waals surface area contributed by atoms with E-state index in [4.69, 9.17) is 0 Å². The van der Waals surface area contributed by atoms with Gasteiger partial charge in [-0.05, 0) is 40.3 Å². The zero-order valence-electron chi connectivity index (χ0n) is 8.90. The molecule has 0 aromatic heterocycles. The molecule has 0 radical (unpaired) electrons. The van der Waals surface area contributed by atoms with Gasteiger partial charge < -0.3 is 5.11 Å². The van der Waals surface area contributed by atoms with Crippen molar-refractivity contribution >= 4 is 48.4 Å². The molecule has 0 aliphatic rings. The average molecular weight is 437 g/mol. The van der Waals surface area contributed by atoms with Crippen molar-refractivity contribution in [3.05, 3.63) is 35.6 Å². The van der Waals surface area contributed by atoms with Crippen LogP contribution in [0.25, 0.3) is 0 Å². The first-order valence-corrected chi connectivity index (χ1v) is 8.28. The summed E-state index contributed by atoms with van der Waals surface area (Å²) in [5, 5.41) is 10.0. The summed E-state index contributed by atoms with van der Waals surface area (Å²) in [4.78, 5) is 0. The summed E-state index contributed by atoms with van der Waals surface area (Å²) in [6.07, 6.45) is -1.34. The molecule has 0 heterocycles. The summed E-state index contributed by atoms with van der Waals surface area (Å²) in [6.45, 7) is 1.49. The van der Waals surface area contributed by atoms with Crippen LogP contribution in [0, 0.1) is 5.82 Å². The number of halogens is 3. The number of alkyl halides is 2. The van der Waals surface area contributed by atoms with E-state index >= 15 is 0 Å². The van der Waals surface area contributed by atoms with Crippen molar-refractivity contribution in [2.24, 2.45) is 0 Å². The molecule has 0 unspecified atom stereocenters. The summed E-state index contributed by atoms with van der Waals surface area (Å²) < 4.78 is 35.1. The van der Waals surface area contributed by atoms with Gasteiger partial charge in [0.05, 0.1) is 0 Å². The Morgan fingerprint density at radius 2 is 2.18 bits per heavy atom. The summed E-state index contributed by atoms with van der Waals surface area (Å²) in [7, 11) is -3.53. The maximum atomic E-state index is 13.0. The first-order chi connectivity index (χ1) is 7.72. The third-order valence-electron chi connectivity index (χ3n) is 2.28. The molecule has 0 fully saturated rings. The molecule has 7 heteroatoms. The second-order valence-corrected chi connectivity index (χ2v) is 11.6. The van der Waals surface area contributed by atoms with E-state index in [1.807, 2.05) is 0 Å². The Balaban J connectivity index is 3.17. The third-order valence-corrected chi connectivity index (χ3v) is 8.61. The van der Waals surface area contributed by atoms with Crippen molar-refractivity contribution < 1.29 is 17.9 Å². The molecule has 96 valence electrons. The number of hydrogen-bond acceptors (Lipinski definition) is 3. The van der Waals surface area contributed by atoms with E-state index in [0.29, 0.717) is 0 Å². The molecule has 0 saturated heterocycles. The van der Waals surface area contributed by atoms with E-state index in [-0.39, 0.29) is 11.3 Å². The topological polar surface area (TPSA) is 54.4 Å². The summed E-state index contributed by atoms with van der Waals surface area (Å²) in [5.41, 5.74) is 0.216. The molecule has 1 aromatic rings. The van der Waals surface area contributed by atoms with Gasteiger partial charge in [0.25, 0.3) is 0 Å². The second kappa shape index (κ2) is 5.50. The van der Waals surface area contributed by atoms with Gasteiger partial charge in [-0.1, -0.05) is 35.0 Å². The Labute approximate surface area is 122 Å². The SMILES string of the molecule is CCS(=O)(=O)[C@@](Br)(I)[C@@H](O)c1cccc(F)c1. The van der Waals surface area contributed by atoms with Crippen LogP contribution in [0.3, 0.4) is 0 Å². The van der Waals surface area contributed by atoms with Gasteiger partial charge in [0.2, 0.25) is 1.66 Å². The number of sulfone groups is 1. The van der Waals surface area contributed by atoms with Crippen molar-refractivity contribution in [2.45, 2.75) is 14.7 Å². The minimum Gasteiger partial charge on any atom is -0.385 e. The van der Waals surface area contributed by atoms with Gasteiger partial charge in [-0.25, -0.2) is 12.8 Å². The van der Waals surface area contributed by atoms with Crippen LogP contribution < -0.4 is 0 Å². The summed E-state index contributed by atoms with van der Waals surface area (Å²) >= 11 is 4.63. The van der Waals surface area contributed by atoms with Crippen molar-refractivity contribution in [3.63, 3.8) is 0 Å². The Hall–Kier alpha value is 0.270. The van der Waals surface area contributed by atoms with Crippen molar-refractivity contribution in [2.75, 3.05) is 5.75 Å². The lowest BCUT2D eigenvalue weighted by Gasteiger charge is -2.26. The van der Waals surface area contributed by atoms with E-state index in [9.17, 15) is 17.9 Å². The van der Waals surface area contributed by atoms with Crippen molar-refractivity contribution in [1.82, 2.24) is 0 Å². The minimum absolute atomic E-state index is 0.117. The number of benzene rings is 1. The fourth-order valence-electron chi connectivity index (χ4n) is 1.23. The molecular weight excluding hydrogens is 426 g/mol. The van der Waals surface area contributed by atoms with E-state index < -0.39 is 23.4 Å². The predicted octanol–water partition coefficient (Wildman–Crippen LogP) is 2.78. The van der Waals surface area contributed by atoms with E-state index in [0.717, 1.165) is 6.07 Å². The molecule has 0 aliphatic heterocycles. The number of aliphatic hydroxyl groups is 1. The highest BCUT2D eigenvalue weighted by atomic mass is 127. The van der Waals surface area contributed by atoms with Crippen LogP contribution in [0.4, 0.5) is 4.39 Å². The van der Waals surface area contributed by atoms with E-state index in [2.05, 4.69) is 15.9 Å². The normalized spacial score (nSPS) is 17.5. The fourth-order valence-corrected chi connectivity index (χ4v) is 4.34. The quantitative estimate of drug-likeness (QED) is 0.583. The highest BCUT2D eigenvalue weighted by Crippen LogP contribution is 2.45. The lowest BCUT2D eigenvalue weighted by atomic mass is 10.1. The maximum Gasteiger partial charge on any atom is 0.207 e. The first kappa shape index (κ1) is 15.3. The highest BCUT2D eigenvalue weighted by molar-refractivity contribution is 14.1. The molecule has 0 aliphatic carbocycles. The summed E-state index contributed by atoms with van der Waals surface area (Å²) in [5.74, 6) is -0.636. The molecule has 1 aromatic carbocycles. The molecule has 3 nitrogen and oxygen atoms in total. The minimum atomic E-state index is -3.53. The average Bonchev–Trinajstić information content (AvgIpc) is 2.27. The number of rotatable bonds is 4. The maximum absolute atomic E-state index is 13.0. The van der Waals surface area contributed by atoms with Crippen LogP contribution in [0.2, 0.25) is 0 Å². The monoisotopic (exact) mass is 436 g/mol. The van der Waals surface area contributed by atoms with Crippen LogP contribution in [-0.4, -0.2) is 20.9 Å². The molecule has 2 atom stereocenters. The largest absolute Gasteiger partial charge is 0.385 e. The van der Waals surface area contributed by atoms with Crippen LogP contribution in [0.5, 0.6) is 0 Å². The molecule has 0 amide bonds. The fraction of sp³-hybridized carbons (Fsp3) is 0.400. The van der Waals surface area contributed by atoms with Crippen molar-refractivity contribution in [3.8, 4) is 0 Å². The van der Waals surface area contributed by atoms with Gasteiger partial charge in [0.15, 0.2) is 9.84 Å². The van der Waals surface area contributed by atoms with E-state index in [1.54, 1.807) is 22.6 Å². The second-order valence-electron chi connectivity index (χ2n) is 3.42. The zero-order chi connectivity index (χ0) is 13.3. The van der Waals surface area contributed by atoms with Crippen LogP contribution in [0.1, 0.15) is 18.6 Å². The lowest BCUT2D eigenvalue weighted by molar-refractivity contribution is 0.190. The Kier molecular flexibility index (Phi) is 4.96. The Bertz CT molecular complexity index is 504. The standard InChI is InChI=1S/C10H11BrFIO3S/c1-2-17(15,16)10(11,13)9(14)7-4-3-5-8(12)6-7/h3-6,9,14H,2H2,1H3/t9-,10-/m0/s1. The highest BCUT2D eigenvalue weighted by Gasteiger charge is 2.45.